The SMILES string of the molecule is CC1(C)C(C)(C)C1(C)c1cc(N)n[nH]1. The number of nitrogens with zero attached hydrogens (tertiary/aromatic N) is 1. The molecule has 2 rings (SSSR count). The minimum atomic E-state index is 0.157. The zero-order valence-electron chi connectivity index (χ0n) is 9.60. The molecule has 0 unspecified atom stereocenters. The van der Waals surface area contributed by atoms with Crippen LogP contribution < -0.4 is 5.73 Å². The van der Waals surface area contributed by atoms with Gasteiger partial charge in [-0.15, -0.1) is 0 Å². The van der Waals surface area contributed by atoms with Gasteiger partial charge in [0.05, 0.1) is 0 Å². The molecule has 0 atom stereocenters. The van der Waals surface area contributed by atoms with Gasteiger partial charge in [0.1, 0.15) is 5.82 Å². The van der Waals surface area contributed by atoms with E-state index in [0.29, 0.717) is 16.6 Å². The summed E-state index contributed by atoms with van der Waals surface area (Å²) < 4.78 is 0. The fourth-order valence-corrected chi connectivity index (χ4v) is 2.86. The van der Waals surface area contributed by atoms with Crippen molar-refractivity contribution in [3.8, 4) is 0 Å². The number of aromatic nitrogens is 2. The predicted octanol–water partition coefficient (Wildman–Crippen LogP) is 2.32. The molecule has 78 valence electrons. The molecule has 1 fully saturated rings. The van der Waals surface area contributed by atoms with Gasteiger partial charge in [0, 0.05) is 17.2 Å². The van der Waals surface area contributed by atoms with Gasteiger partial charge in [-0.3, -0.25) is 5.10 Å². The maximum absolute atomic E-state index is 5.64. The van der Waals surface area contributed by atoms with Crippen molar-refractivity contribution >= 4 is 5.82 Å². The molecule has 14 heavy (non-hydrogen) atoms. The monoisotopic (exact) mass is 193 g/mol. The third-order valence-corrected chi connectivity index (χ3v) is 5.14. The molecule has 0 saturated heterocycles. The van der Waals surface area contributed by atoms with Crippen molar-refractivity contribution in [3.63, 3.8) is 0 Å². The highest BCUT2D eigenvalue weighted by Gasteiger charge is 2.75. The highest BCUT2D eigenvalue weighted by molar-refractivity contribution is 5.43. The van der Waals surface area contributed by atoms with Crippen LogP contribution in [0.3, 0.4) is 0 Å². The molecule has 0 aliphatic heterocycles. The summed E-state index contributed by atoms with van der Waals surface area (Å²) >= 11 is 0. The van der Waals surface area contributed by atoms with Crippen molar-refractivity contribution in [1.29, 1.82) is 0 Å². The van der Waals surface area contributed by atoms with Gasteiger partial charge in [0.15, 0.2) is 0 Å². The van der Waals surface area contributed by atoms with E-state index in [2.05, 4.69) is 44.8 Å². The number of H-pyrrole nitrogens is 1. The topological polar surface area (TPSA) is 54.7 Å². The van der Waals surface area contributed by atoms with E-state index in [1.54, 1.807) is 0 Å². The molecule has 1 aliphatic carbocycles. The van der Waals surface area contributed by atoms with Crippen LogP contribution in [0.1, 0.15) is 40.3 Å². The summed E-state index contributed by atoms with van der Waals surface area (Å²) in [5.74, 6) is 0.583. The number of anilines is 1. The molecule has 1 heterocycles. The van der Waals surface area contributed by atoms with Gasteiger partial charge in [-0.1, -0.05) is 34.6 Å². The van der Waals surface area contributed by atoms with Gasteiger partial charge in [-0.25, -0.2) is 0 Å². The molecule has 3 N–H and O–H groups in total. The first-order valence-corrected chi connectivity index (χ1v) is 5.06. The molecule has 1 aromatic heterocycles. The molecular formula is C11H19N3. The second-order valence-corrected chi connectivity index (χ2v) is 5.58. The Morgan fingerprint density at radius 3 is 1.93 bits per heavy atom. The average molecular weight is 193 g/mol. The predicted molar refractivity (Wildman–Crippen MR) is 57.9 cm³/mol. The number of nitrogens with two attached hydrogens (primary N) is 1. The Balaban J connectivity index is 2.47. The van der Waals surface area contributed by atoms with Gasteiger partial charge in [0.2, 0.25) is 0 Å². The molecule has 0 radical (unpaired) electrons. The third-order valence-electron chi connectivity index (χ3n) is 5.14. The first-order valence-electron chi connectivity index (χ1n) is 5.06. The summed E-state index contributed by atoms with van der Waals surface area (Å²) in [7, 11) is 0. The molecule has 1 saturated carbocycles. The number of rotatable bonds is 1. The summed E-state index contributed by atoms with van der Waals surface area (Å²) in [4.78, 5) is 0. The summed E-state index contributed by atoms with van der Waals surface area (Å²) in [5.41, 5.74) is 7.53. The van der Waals surface area contributed by atoms with E-state index in [4.69, 9.17) is 5.73 Å². The molecule has 0 spiro atoms. The number of hydrogen-bond donors (Lipinski definition) is 2. The summed E-state index contributed by atoms with van der Waals surface area (Å²) in [6.07, 6.45) is 0. The summed E-state index contributed by atoms with van der Waals surface area (Å²) in [6.45, 7) is 11.5. The average Bonchev–Trinajstić information content (AvgIpc) is 2.43. The van der Waals surface area contributed by atoms with E-state index in [0.717, 1.165) is 5.69 Å². The normalized spacial score (nSPS) is 26.1. The maximum atomic E-state index is 5.64. The maximum Gasteiger partial charge on any atom is 0.145 e. The van der Waals surface area contributed by atoms with Crippen LogP contribution in [0, 0.1) is 10.8 Å². The van der Waals surface area contributed by atoms with Crippen LogP contribution in [0.4, 0.5) is 5.82 Å². The van der Waals surface area contributed by atoms with Crippen LogP contribution in [-0.2, 0) is 5.41 Å². The molecule has 0 aromatic carbocycles. The van der Waals surface area contributed by atoms with Gasteiger partial charge < -0.3 is 5.73 Å². The van der Waals surface area contributed by atoms with E-state index >= 15 is 0 Å². The van der Waals surface area contributed by atoms with E-state index < -0.39 is 0 Å². The van der Waals surface area contributed by atoms with Crippen molar-refractivity contribution in [2.75, 3.05) is 5.73 Å². The lowest BCUT2D eigenvalue weighted by atomic mass is 9.93. The standard InChI is InChI=1S/C11H19N3/c1-9(2)10(3,4)11(9,5)7-6-8(12)14-13-7/h6H,1-5H3,(H3,12,13,14). The third kappa shape index (κ3) is 0.725. The number of hydrogen-bond acceptors (Lipinski definition) is 2. The van der Waals surface area contributed by atoms with Gasteiger partial charge in [-0.05, 0) is 10.8 Å². The van der Waals surface area contributed by atoms with E-state index in [-0.39, 0.29) is 5.41 Å². The molecule has 0 amide bonds. The Kier molecular flexibility index (Phi) is 1.47. The Bertz CT molecular complexity index is 360. The van der Waals surface area contributed by atoms with Crippen molar-refractivity contribution < 1.29 is 0 Å². The zero-order valence-corrected chi connectivity index (χ0v) is 9.60. The number of nitrogen functional groups attached to an aromatic ring is 1. The highest BCUT2D eigenvalue weighted by Crippen LogP contribution is 2.77. The fourth-order valence-electron chi connectivity index (χ4n) is 2.86. The van der Waals surface area contributed by atoms with E-state index in [1.807, 2.05) is 6.07 Å². The molecular weight excluding hydrogens is 174 g/mol. The van der Waals surface area contributed by atoms with Crippen LogP contribution in [0.2, 0.25) is 0 Å². The lowest BCUT2D eigenvalue weighted by Gasteiger charge is -2.12. The summed E-state index contributed by atoms with van der Waals surface area (Å²) in [6, 6.07) is 1.95. The number of nitrogens with one attached hydrogen (secondary N) is 1. The van der Waals surface area contributed by atoms with Gasteiger partial charge in [0.25, 0.3) is 0 Å². The first-order chi connectivity index (χ1) is 6.25. The largest absolute Gasteiger partial charge is 0.382 e. The van der Waals surface area contributed by atoms with Crippen LogP contribution in [0.5, 0.6) is 0 Å². The molecule has 3 nitrogen and oxygen atoms in total. The van der Waals surface area contributed by atoms with Gasteiger partial charge in [-0.2, -0.15) is 5.10 Å². The van der Waals surface area contributed by atoms with Crippen molar-refractivity contribution in [2.24, 2.45) is 10.8 Å². The van der Waals surface area contributed by atoms with Crippen LogP contribution in [0.25, 0.3) is 0 Å². The number of aromatic amines is 1. The Morgan fingerprint density at radius 1 is 1.14 bits per heavy atom. The summed E-state index contributed by atoms with van der Waals surface area (Å²) in [5, 5.41) is 7.05. The molecule has 1 aromatic rings. The Morgan fingerprint density at radius 2 is 1.64 bits per heavy atom. The first kappa shape index (κ1) is 9.56. The van der Waals surface area contributed by atoms with Crippen LogP contribution in [0.15, 0.2) is 6.07 Å². The minimum Gasteiger partial charge on any atom is -0.382 e. The molecule has 1 aliphatic rings. The lowest BCUT2D eigenvalue weighted by molar-refractivity contribution is 0.457. The second kappa shape index (κ2) is 2.15. The Hall–Kier alpha value is -0.990. The van der Waals surface area contributed by atoms with Crippen molar-refractivity contribution in [1.82, 2.24) is 10.2 Å². The van der Waals surface area contributed by atoms with Gasteiger partial charge >= 0.3 is 0 Å². The lowest BCUT2D eigenvalue weighted by Crippen LogP contribution is -2.11. The van der Waals surface area contributed by atoms with E-state index in [9.17, 15) is 0 Å². The molecule has 0 bridgehead atoms. The zero-order chi connectivity index (χ0) is 10.8. The quantitative estimate of drug-likeness (QED) is 0.719. The highest BCUT2D eigenvalue weighted by atomic mass is 15.2. The smallest absolute Gasteiger partial charge is 0.145 e. The van der Waals surface area contributed by atoms with E-state index in [1.165, 1.54) is 0 Å². The van der Waals surface area contributed by atoms with Crippen LogP contribution in [-0.4, -0.2) is 10.2 Å². The second-order valence-electron chi connectivity index (χ2n) is 5.58. The fraction of sp³-hybridized carbons (Fsp3) is 0.727. The molecule has 3 heteroatoms. The van der Waals surface area contributed by atoms with Crippen molar-refractivity contribution in [3.05, 3.63) is 11.8 Å². The van der Waals surface area contributed by atoms with Crippen LogP contribution >= 0.6 is 0 Å². The Labute approximate surface area is 85.1 Å². The minimum absolute atomic E-state index is 0.157. The van der Waals surface area contributed by atoms with Crippen molar-refractivity contribution in [2.45, 2.75) is 40.0 Å².